The van der Waals surface area contributed by atoms with Crippen LogP contribution in [0.4, 0.5) is 8.78 Å². The molecule has 2 rings (SSSR count). The van der Waals surface area contributed by atoms with Crippen LogP contribution in [0.25, 0.3) is 0 Å². The van der Waals surface area contributed by atoms with E-state index in [4.69, 9.17) is 0 Å². The maximum Gasteiger partial charge on any atom is 0.248 e. The minimum atomic E-state index is -2.39. The Morgan fingerprint density at radius 2 is 2.11 bits per heavy atom. The van der Waals surface area contributed by atoms with Crippen molar-refractivity contribution in [2.24, 2.45) is 11.8 Å². The van der Waals surface area contributed by atoms with Gasteiger partial charge in [0.1, 0.15) is 0 Å². The predicted octanol–water partition coefficient (Wildman–Crippen LogP) is 2.74. The van der Waals surface area contributed by atoms with E-state index in [1.807, 2.05) is 0 Å². The van der Waals surface area contributed by atoms with E-state index in [0.717, 1.165) is 32.6 Å². The van der Waals surface area contributed by atoms with Gasteiger partial charge in [0.25, 0.3) is 0 Å². The molecule has 2 aliphatic rings. The van der Waals surface area contributed by atoms with Gasteiger partial charge in [-0.05, 0) is 37.8 Å². The first-order valence-electron chi connectivity index (χ1n) is 7.34. The van der Waals surface area contributed by atoms with E-state index in [1.165, 1.54) is 0 Å². The van der Waals surface area contributed by atoms with Gasteiger partial charge < -0.3 is 10.2 Å². The van der Waals surface area contributed by atoms with Gasteiger partial charge in [0.15, 0.2) is 0 Å². The van der Waals surface area contributed by atoms with Gasteiger partial charge in [0.2, 0.25) is 5.92 Å². The number of halogens is 2. The molecule has 18 heavy (non-hydrogen) atoms. The summed E-state index contributed by atoms with van der Waals surface area (Å²) in [4.78, 5) is 2.39. The van der Waals surface area contributed by atoms with Crippen LogP contribution in [0.15, 0.2) is 0 Å². The minimum Gasteiger partial charge on any atom is -0.314 e. The van der Waals surface area contributed by atoms with Gasteiger partial charge in [-0.3, -0.25) is 0 Å². The summed E-state index contributed by atoms with van der Waals surface area (Å²) in [6, 6.07) is 0.608. The van der Waals surface area contributed by atoms with E-state index < -0.39 is 5.92 Å². The second kappa shape index (κ2) is 5.83. The highest BCUT2D eigenvalue weighted by molar-refractivity contribution is 4.87. The molecule has 1 aliphatic heterocycles. The molecule has 1 heterocycles. The van der Waals surface area contributed by atoms with Gasteiger partial charge in [-0.25, -0.2) is 8.78 Å². The molecule has 0 spiro atoms. The summed E-state index contributed by atoms with van der Waals surface area (Å²) < 4.78 is 26.3. The summed E-state index contributed by atoms with van der Waals surface area (Å²) >= 11 is 0. The average Bonchev–Trinajstić information content (AvgIpc) is 2.62. The molecule has 4 heteroatoms. The molecular formula is C14H26F2N2. The zero-order valence-corrected chi connectivity index (χ0v) is 11.6. The minimum absolute atomic E-state index is 0.0983. The van der Waals surface area contributed by atoms with E-state index in [2.05, 4.69) is 24.1 Å². The topological polar surface area (TPSA) is 15.3 Å². The molecule has 2 fully saturated rings. The molecule has 0 amide bonds. The fourth-order valence-electron chi connectivity index (χ4n) is 3.53. The van der Waals surface area contributed by atoms with Crippen LogP contribution >= 0.6 is 0 Å². The van der Waals surface area contributed by atoms with E-state index >= 15 is 0 Å². The smallest absolute Gasteiger partial charge is 0.248 e. The van der Waals surface area contributed by atoms with Crippen molar-refractivity contribution in [1.29, 1.82) is 0 Å². The lowest BCUT2D eigenvalue weighted by atomic mass is 9.93. The highest BCUT2D eigenvalue weighted by atomic mass is 19.3. The van der Waals surface area contributed by atoms with Crippen LogP contribution in [0.2, 0.25) is 0 Å². The maximum atomic E-state index is 13.2. The molecule has 0 aromatic carbocycles. The second-order valence-corrected chi connectivity index (χ2v) is 6.15. The number of hydrogen-bond donors (Lipinski definition) is 1. The van der Waals surface area contributed by atoms with E-state index in [9.17, 15) is 8.78 Å². The largest absolute Gasteiger partial charge is 0.314 e. The third kappa shape index (κ3) is 3.64. The first-order chi connectivity index (χ1) is 8.50. The number of hydrogen-bond acceptors (Lipinski definition) is 2. The summed E-state index contributed by atoms with van der Waals surface area (Å²) in [6.07, 6.45) is 2.06. The van der Waals surface area contributed by atoms with Crippen LogP contribution in [-0.4, -0.2) is 43.0 Å². The zero-order valence-electron chi connectivity index (χ0n) is 11.6. The Kier molecular flexibility index (Phi) is 4.59. The highest BCUT2D eigenvalue weighted by Gasteiger charge is 2.40. The van der Waals surface area contributed by atoms with Crippen LogP contribution in [0.3, 0.4) is 0 Å². The van der Waals surface area contributed by atoms with Gasteiger partial charge >= 0.3 is 0 Å². The van der Waals surface area contributed by atoms with Crippen molar-refractivity contribution in [3.05, 3.63) is 0 Å². The molecule has 106 valence electrons. The van der Waals surface area contributed by atoms with Gasteiger partial charge in [-0.15, -0.1) is 0 Å². The Balaban J connectivity index is 1.76. The quantitative estimate of drug-likeness (QED) is 0.836. The predicted molar refractivity (Wildman–Crippen MR) is 70.0 cm³/mol. The Bertz CT molecular complexity index is 271. The van der Waals surface area contributed by atoms with Crippen molar-refractivity contribution in [3.63, 3.8) is 0 Å². The molecule has 1 N–H and O–H groups in total. The third-order valence-corrected chi connectivity index (χ3v) is 4.48. The standard InChI is InChI=1S/C14H26F2N2/c1-3-17-13-5-7-18(9-11(13)2)10-12-4-6-14(15,16)8-12/h11-13,17H,3-10H2,1-2H3. The number of nitrogens with zero attached hydrogens (tertiary/aromatic N) is 1. The molecule has 0 radical (unpaired) electrons. The first kappa shape index (κ1) is 14.2. The molecule has 2 nitrogen and oxygen atoms in total. The van der Waals surface area contributed by atoms with Crippen LogP contribution < -0.4 is 5.32 Å². The number of likely N-dealkylation sites (tertiary alicyclic amines) is 1. The molecule has 0 aromatic rings. The number of rotatable bonds is 4. The van der Waals surface area contributed by atoms with Crippen molar-refractivity contribution in [2.45, 2.75) is 51.5 Å². The fraction of sp³-hybridized carbons (Fsp3) is 1.00. The van der Waals surface area contributed by atoms with Crippen LogP contribution in [0.5, 0.6) is 0 Å². The Hall–Kier alpha value is -0.220. The summed E-state index contributed by atoms with van der Waals surface area (Å²) in [5.41, 5.74) is 0. The first-order valence-corrected chi connectivity index (χ1v) is 7.34. The van der Waals surface area contributed by atoms with Gasteiger partial charge in [-0.1, -0.05) is 13.8 Å². The number of alkyl halides is 2. The Morgan fingerprint density at radius 1 is 1.33 bits per heavy atom. The Morgan fingerprint density at radius 3 is 2.67 bits per heavy atom. The molecule has 3 atom stereocenters. The van der Waals surface area contributed by atoms with Crippen LogP contribution in [0, 0.1) is 11.8 Å². The molecule has 0 bridgehead atoms. The lowest BCUT2D eigenvalue weighted by Crippen LogP contribution is -2.49. The lowest BCUT2D eigenvalue weighted by Gasteiger charge is -2.38. The van der Waals surface area contributed by atoms with Crippen LogP contribution in [0.1, 0.15) is 39.5 Å². The fourth-order valence-corrected chi connectivity index (χ4v) is 3.53. The molecule has 0 aromatic heterocycles. The van der Waals surface area contributed by atoms with Crippen molar-refractivity contribution in [1.82, 2.24) is 10.2 Å². The van der Waals surface area contributed by atoms with E-state index in [1.54, 1.807) is 0 Å². The van der Waals surface area contributed by atoms with Gasteiger partial charge in [-0.2, -0.15) is 0 Å². The summed E-state index contributed by atoms with van der Waals surface area (Å²) in [7, 11) is 0. The van der Waals surface area contributed by atoms with Gasteiger partial charge in [0, 0.05) is 32.0 Å². The molecule has 1 saturated carbocycles. The highest BCUT2D eigenvalue weighted by Crippen LogP contribution is 2.39. The van der Waals surface area contributed by atoms with E-state index in [0.29, 0.717) is 18.4 Å². The summed E-state index contributed by atoms with van der Waals surface area (Å²) in [5, 5.41) is 3.51. The number of nitrogens with one attached hydrogen (secondary N) is 1. The number of piperidine rings is 1. The second-order valence-electron chi connectivity index (χ2n) is 6.15. The lowest BCUT2D eigenvalue weighted by molar-refractivity contribution is 0.00250. The van der Waals surface area contributed by atoms with Crippen molar-refractivity contribution in [3.8, 4) is 0 Å². The SMILES string of the molecule is CCNC1CCN(CC2CCC(F)(F)C2)CC1C. The van der Waals surface area contributed by atoms with E-state index in [-0.39, 0.29) is 18.8 Å². The molecule has 1 aliphatic carbocycles. The zero-order chi connectivity index (χ0) is 13.2. The average molecular weight is 260 g/mol. The van der Waals surface area contributed by atoms with Gasteiger partial charge in [0.05, 0.1) is 0 Å². The third-order valence-electron chi connectivity index (χ3n) is 4.48. The monoisotopic (exact) mass is 260 g/mol. The molecule has 3 unspecified atom stereocenters. The van der Waals surface area contributed by atoms with Crippen LogP contribution in [-0.2, 0) is 0 Å². The molecular weight excluding hydrogens is 234 g/mol. The summed E-state index contributed by atoms with van der Waals surface area (Å²) in [5.74, 6) is -1.55. The van der Waals surface area contributed by atoms with Crippen molar-refractivity contribution < 1.29 is 8.78 Å². The normalized spacial score (nSPS) is 37.0. The summed E-state index contributed by atoms with van der Waals surface area (Å²) in [6.45, 7) is 8.41. The van der Waals surface area contributed by atoms with Crippen molar-refractivity contribution >= 4 is 0 Å². The molecule has 1 saturated heterocycles. The maximum absolute atomic E-state index is 13.2. The Labute approximate surface area is 109 Å². The van der Waals surface area contributed by atoms with Crippen molar-refractivity contribution in [2.75, 3.05) is 26.2 Å².